The molecule has 0 saturated carbocycles. The van der Waals surface area contributed by atoms with Gasteiger partial charge in [0.2, 0.25) is 10.0 Å². The zero-order valence-corrected chi connectivity index (χ0v) is 17.5. The standard InChI is InChI=1S/C19H21N3O5S2/c1-27-18-9-8-16(13-19(18)29(25,26)22-10-3-2-4-11-22)21-28(23,24)17-7-5-6-15(12-17)14-20/h5-9,12-13,21H,2-4,10-11H2,1H3. The summed E-state index contributed by atoms with van der Waals surface area (Å²) in [7, 11) is -6.47. The number of methoxy groups -OCH3 is 1. The van der Waals surface area contributed by atoms with E-state index in [9.17, 15) is 16.8 Å². The van der Waals surface area contributed by atoms with Gasteiger partial charge < -0.3 is 4.74 Å². The van der Waals surface area contributed by atoms with Gasteiger partial charge in [-0.2, -0.15) is 9.57 Å². The molecule has 1 fully saturated rings. The summed E-state index contributed by atoms with van der Waals surface area (Å²) in [6.07, 6.45) is 2.54. The van der Waals surface area contributed by atoms with Crippen LogP contribution in [0.4, 0.5) is 5.69 Å². The molecule has 0 amide bonds. The third kappa shape index (κ3) is 4.53. The van der Waals surface area contributed by atoms with Crippen molar-refractivity contribution in [2.75, 3.05) is 24.9 Å². The third-order valence-electron chi connectivity index (χ3n) is 4.62. The van der Waals surface area contributed by atoms with Gasteiger partial charge in [-0.25, -0.2) is 16.8 Å². The maximum atomic E-state index is 13.1. The molecule has 0 unspecified atom stereocenters. The Hall–Kier alpha value is -2.61. The Kier molecular flexibility index (Phi) is 6.12. The van der Waals surface area contributed by atoms with Crippen LogP contribution in [0.3, 0.4) is 0 Å². The van der Waals surface area contributed by atoms with Crippen LogP contribution < -0.4 is 9.46 Å². The maximum Gasteiger partial charge on any atom is 0.261 e. The van der Waals surface area contributed by atoms with Crippen LogP contribution in [0.15, 0.2) is 52.3 Å². The Morgan fingerprint density at radius 3 is 2.41 bits per heavy atom. The summed E-state index contributed by atoms with van der Waals surface area (Å²) in [5.41, 5.74) is 0.291. The minimum absolute atomic E-state index is 0.0868. The lowest BCUT2D eigenvalue weighted by Gasteiger charge is -2.26. The molecule has 1 N–H and O–H groups in total. The molecule has 3 rings (SSSR count). The van der Waals surface area contributed by atoms with Gasteiger partial charge in [-0.05, 0) is 49.2 Å². The van der Waals surface area contributed by atoms with E-state index in [2.05, 4.69) is 4.72 Å². The zero-order valence-electron chi connectivity index (χ0n) is 15.8. The summed E-state index contributed by atoms with van der Waals surface area (Å²) in [6, 6.07) is 11.6. The van der Waals surface area contributed by atoms with Gasteiger partial charge in [-0.1, -0.05) is 12.5 Å². The van der Waals surface area contributed by atoms with Crippen molar-refractivity contribution < 1.29 is 21.6 Å². The highest BCUT2D eigenvalue weighted by atomic mass is 32.2. The van der Waals surface area contributed by atoms with Crippen molar-refractivity contribution in [1.82, 2.24) is 4.31 Å². The first-order valence-corrected chi connectivity index (χ1v) is 11.9. The predicted molar refractivity (Wildman–Crippen MR) is 108 cm³/mol. The minimum Gasteiger partial charge on any atom is -0.495 e. The van der Waals surface area contributed by atoms with Crippen molar-refractivity contribution in [3.63, 3.8) is 0 Å². The fourth-order valence-electron chi connectivity index (χ4n) is 3.13. The second-order valence-electron chi connectivity index (χ2n) is 6.58. The molecule has 8 nitrogen and oxygen atoms in total. The van der Waals surface area contributed by atoms with Crippen LogP contribution in [-0.2, 0) is 20.0 Å². The van der Waals surface area contributed by atoms with Gasteiger partial charge in [-0.3, -0.25) is 4.72 Å². The maximum absolute atomic E-state index is 13.1. The van der Waals surface area contributed by atoms with Crippen LogP contribution in [0.2, 0.25) is 0 Å². The molecule has 2 aromatic carbocycles. The summed E-state index contributed by atoms with van der Waals surface area (Å²) in [4.78, 5) is -0.180. The van der Waals surface area contributed by atoms with Crippen molar-refractivity contribution >= 4 is 25.7 Å². The molecule has 154 valence electrons. The summed E-state index contributed by atoms with van der Waals surface area (Å²) < 4.78 is 60.5. The van der Waals surface area contributed by atoms with Crippen LogP contribution in [0.1, 0.15) is 24.8 Å². The van der Waals surface area contributed by atoms with Crippen molar-refractivity contribution in [3.05, 3.63) is 48.0 Å². The molecule has 29 heavy (non-hydrogen) atoms. The Bertz CT molecular complexity index is 1150. The molecular formula is C19H21N3O5S2. The van der Waals surface area contributed by atoms with E-state index in [0.717, 1.165) is 19.3 Å². The van der Waals surface area contributed by atoms with E-state index in [1.54, 1.807) is 0 Å². The Balaban J connectivity index is 1.97. The minimum atomic E-state index is -4.00. The Labute approximate surface area is 170 Å². The number of nitriles is 1. The van der Waals surface area contributed by atoms with Crippen LogP contribution in [0.25, 0.3) is 0 Å². The molecule has 0 atom stereocenters. The van der Waals surface area contributed by atoms with Crippen LogP contribution in [0.5, 0.6) is 5.75 Å². The number of benzene rings is 2. The van der Waals surface area contributed by atoms with Gasteiger partial charge >= 0.3 is 0 Å². The van der Waals surface area contributed by atoms with Gasteiger partial charge in [0.25, 0.3) is 10.0 Å². The number of nitrogens with one attached hydrogen (secondary N) is 1. The number of nitrogens with zero attached hydrogens (tertiary/aromatic N) is 2. The third-order valence-corrected chi connectivity index (χ3v) is 7.92. The number of ether oxygens (including phenoxy) is 1. The van der Waals surface area contributed by atoms with Gasteiger partial charge in [0.15, 0.2) is 0 Å². The van der Waals surface area contributed by atoms with Crippen LogP contribution in [-0.4, -0.2) is 41.3 Å². The molecular weight excluding hydrogens is 414 g/mol. The first-order chi connectivity index (χ1) is 13.8. The van der Waals surface area contributed by atoms with E-state index in [0.29, 0.717) is 13.1 Å². The summed E-state index contributed by atoms with van der Waals surface area (Å²) in [6.45, 7) is 0.838. The van der Waals surface area contributed by atoms with E-state index in [1.165, 1.54) is 53.9 Å². The Morgan fingerprint density at radius 2 is 1.76 bits per heavy atom. The summed E-state index contributed by atoms with van der Waals surface area (Å²) >= 11 is 0. The second-order valence-corrected chi connectivity index (χ2v) is 10.2. The molecule has 0 aliphatic carbocycles. The molecule has 1 aliphatic rings. The van der Waals surface area contributed by atoms with E-state index in [4.69, 9.17) is 10.00 Å². The molecule has 0 spiro atoms. The number of hydrogen-bond acceptors (Lipinski definition) is 6. The molecule has 1 heterocycles. The van der Waals surface area contributed by atoms with E-state index >= 15 is 0 Å². The highest BCUT2D eigenvalue weighted by Crippen LogP contribution is 2.32. The lowest BCUT2D eigenvalue weighted by Crippen LogP contribution is -2.35. The topological polar surface area (TPSA) is 117 Å². The fourth-order valence-corrected chi connectivity index (χ4v) is 5.93. The van der Waals surface area contributed by atoms with Crippen molar-refractivity contribution in [2.24, 2.45) is 0 Å². The number of piperidine rings is 1. The monoisotopic (exact) mass is 435 g/mol. The lowest BCUT2D eigenvalue weighted by atomic mass is 10.2. The largest absolute Gasteiger partial charge is 0.495 e. The van der Waals surface area contributed by atoms with E-state index < -0.39 is 20.0 Å². The van der Waals surface area contributed by atoms with E-state index in [-0.39, 0.29) is 26.8 Å². The van der Waals surface area contributed by atoms with Gasteiger partial charge in [0.05, 0.1) is 29.3 Å². The normalized spacial score (nSPS) is 15.4. The smallest absolute Gasteiger partial charge is 0.261 e. The highest BCUT2D eigenvalue weighted by molar-refractivity contribution is 7.92. The SMILES string of the molecule is COc1ccc(NS(=O)(=O)c2cccc(C#N)c2)cc1S(=O)(=O)N1CCCCC1. The average molecular weight is 436 g/mol. The Morgan fingerprint density at radius 1 is 1.03 bits per heavy atom. The predicted octanol–water partition coefficient (Wildman–Crippen LogP) is 2.54. The number of anilines is 1. The second kappa shape index (κ2) is 8.41. The van der Waals surface area contributed by atoms with Gasteiger partial charge in [0, 0.05) is 13.1 Å². The highest BCUT2D eigenvalue weighted by Gasteiger charge is 2.29. The summed E-state index contributed by atoms with van der Waals surface area (Å²) in [5.74, 6) is 0.144. The number of rotatable bonds is 6. The number of hydrogen-bond donors (Lipinski definition) is 1. The van der Waals surface area contributed by atoms with Crippen LogP contribution in [0, 0.1) is 11.3 Å². The molecule has 10 heteroatoms. The first kappa shape index (κ1) is 21.1. The van der Waals surface area contributed by atoms with Crippen molar-refractivity contribution in [2.45, 2.75) is 29.1 Å². The van der Waals surface area contributed by atoms with Gasteiger partial charge in [0.1, 0.15) is 10.6 Å². The van der Waals surface area contributed by atoms with E-state index in [1.807, 2.05) is 6.07 Å². The molecule has 2 aromatic rings. The van der Waals surface area contributed by atoms with Crippen LogP contribution >= 0.6 is 0 Å². The summed E-state index contributed by atoms with van der Waals surface area (Å²) in [5, 5.41) is 8.97. The molecule has 1 aliphatic heterocycles. The van der Waals surface area contributed by atoms with Crippen molar-refractivity contribution in [3.8, 4) is 11.8 Å². The molecule has 1 saturated heterocycles. The average Bonchev–Trinajstić information content (AvgIpc) is 2.74. The quantitative estimate of drug-likeness (QED) is 0.745. The molecule has 0 radical (unpaired) electrons. The molecule has 0 aromatic heterocycles. The lowest BCUT2D eigenvalue weighted by molar-refractivity contribution is 0.343. The molecule has 0 bridgehead atoms. The van der Waals surface area contributed by atoms with Crippen molar-refractivity contribution in [1.29, 1.82) is 5.26 Å². The number of sulfonamides is 2. The zero-order chi connectivity index (χ0) is 21.1. The first-order valence-electron chi connectivity index (χ1n) is 8.99. The fraction of sp³-hybridized carbons (Fsp3) is 0.316. The van der Waals surface area contributed by atoms with Gasteiger partial charge in [-0.15, -0.1) is 0 Å².